The van der Waals surface area contributed by atoms with Gasteiger partial charge < -0.3 is 11.1 Å². The smallest absolute Gasteiger partial charge is 0.253 e. The number of nitrogens with two attached hydrogens (primary N) is 1. The van der Waals surface area contributed by atoms with E-state index in [9.17, 15) is 4.79 Å². The lowest BCUT2D eigenvalue weighted by atomic mass is 10.1. The van der Waals surface area contributed by atoms with E-state index in [-0.39, 0.29) is 11.9 Å². The molecular weight excluding hydrogens is 222 g/mol. The summed E-state index contributed by atoms with van der Waals surface area (Å²) in [6.45, 7) is 3.66. The van der Waals surface area contributed by atoms with Crippen LogP contribution in [0.15, 0.2) is 18.3 Å². The number of nitrogens with one attached hydrogen (secondary N) is 1. The maximum absolute atomic E-state index is 11.8. The third-order valence-electron chi connectivity index (χ3n) is 2.14. The highest BCUT2D eigenvalue weighted by Crippen LogP contribution is 2.04. The van der Waals surface area contributed by atoms with Gasteiger partial charge in [0.05, 0.1) is 10.6 Å². The van der Waals surface area contributed by atoms with Gasteiger partial charge in [-0.05, 0) is 26.0 Å². The van der Waals surface area contributed by atoms with Crippen molar-refractivity contribution >= 4 is 23.1 Å². The molecule has 0 fully saturated rings. The Bertz CT molecular complexity index is 406. The molecule has 5 heteroatoms. The van der Waals surface area contributed by atoms with Crippen molar-refractivity contribution in [1.82, 2.24) is 10.3 Å². The Morgan fingerprint density at radius 2 is 2.38 bits per heavy atom. The molecule has 4 nitrogen and oxygen atoms in total. The quantitative estimate of drug-likeness (QED) is 0.772. The molecule has 0 saturated heterocycles. The molecule has 0 radical (unpaired) electrons. The zero-order chi connectivity index (χ0) is 12.1. The fraction of sp³-hybridized carbons (Fsp3) is 0.364. The summed E-state index contributed by atoms with van der Waals surface area (Å²) in [4.78, 5) is 16.3. The van der Waals surface area contributed by atoms with E-state index in [1.807, 2.05) is 6.92 Å². The Morgan fingerprint density at radius 1 is 1.69 bits per heavy atom. The average Bonchev–Trinajstić information content (AvgIpc) is 2.16. The highest BCUT2D eigenvalue weighted by Gasteiger charge is 2.12. The van der Waals surface area contributed by atoms with Crippen LogP contribution in [-0.2, 0) is 0 Å². The van der Waals surface area contributed by atoms with Crippen molar-refractivity contribution in [2.24, 2.45) is 5.73 Å². The van der Waals surface area contributed by atoms with Gasteiger partial charge in [0.15, 0.2) is 0 Å². The van der Waals surface area contributed by atoms with E-state index in [0.29, 0.717) is 22.7 Å². The Morgan fingerprint density at radius 3 is 2.94 bits per heavy atom. The van der Waals surface area contributed by atoms with Crippen molar-refractivity contribution in [2.45, 2.75) is 26.3 Å². The Balaban J connectivity index is 2.66. The molecule has 1 aromatic rings. The molecule has 0 aliphatic carbocycles. The zero-order valence-corrected chi connectivity index (χ0v) is 10.2. The van der Waals surface area contributed by atoms with E-state index in [1.165, 1.54) is 0 Å². The molecule has 1 aromatic heterocycles. The van der Waals surface area contributed by atoms with Gasteiger partial charge in [0.2, 0.25) is 0 Å². The standard InChI is InChI=1S/C11H15N3OS/c1-7(6-10(12)16)14-11(15)9-4-3-5-13-8(9)2/h3-5,7H,6H2,1-2H3,(H2,12,16)(H,14,15). The van der Waals surface area contributed by atoms with Crippen LogP contribution in [0.5, 0.6) is 0 Å². The van der Waals surface area contributed by atoms with Crippen molar-refractivity contribution in [2.75, 3.05) is 0 Å². The number of nitrogens with zero attached hydrogens (tertiary/aromatic N) is 1. The van der Waals surface area contributed by atoms with Crippen LogP contribution in [0.1, 0.15) is 29.4 Å². The van der Waals surface area contributed by atoms with Crippen LogP contribution in [0, 0.1) is 6.92 Å². The van der Waals surface area contributed by atoms with Gasteiger partial charge in [0.1, 0.15) is 0 Å². The number of aryl methyl sites for hydroxylation is 1. The summed E-state index contributed by atoms with van der Waals surface area (Å²) < 4.78 is 0. The molecule has 0 spiro atoms. The van der Waals surface area contributed by atoms with Gasteiger partial charge in [-0.15, -0.1) is 0 Å². The molecule has 0 aromatic carbocycles. The highest BCUT2D eigenvalue weighted by molar-refractivity contribution is 7.80. The molecule has 0 aliphatic rings. The first-order valence-corrected chi connectivity index (χ1v) is 5.42. The van der Waals surface area contributed by atoms with Crippen molar-refractivity contribution in [1.29, 1.82) is 0 Å². The summed E-state index contributed by atoms with van der Waals surface area (Å²) in [5.74, 6) is -0.144. The predicted molar refractivity (Wildman–Crippen MR) is 67.3 cm³/mol. The molecule has 1 atom stereocenters. The summed E-state index contributed by atoms with van der Waals surface area (Å²) >= 11 is 4.78. The van der Waals surface area contributed by atoms with Crippen molar-refractivity contribution in [3.63, 3.8) is 0 Å². The average molecular weight is 237 g/mol. The summed E-state index contributed by atoms with van der Waals surface area (Å²) in [6, 6.07) is 3.41. The number of aromatic nitrogens is 1. The lowest BCUT2D eigenvalue weighted by Crippen LogP contribution is -2.35. The second-order valence-corrected chi connectivity index (χ2v) is 4.21. The van der Waals surface area contributed by atoms with Crippen molar-refractivity contribution in [3.8, 4) is 0 Å². The number of amides is 1. The lowest BCUT2D eigenvalue weighted by Gasteiger charge is -2.13. The first kappa shape index (κ1) is 12.6. The number of carbonyl (C=O) groups is 1. The first-order valence-electron chi connectivity index (χ1n) is 5.01. The normalized spacial score (nSPS) is 11.9. The van der Waals surface area contributed by atoms with E-state index >= 15 is 0 Å². The van der Waals surface area contributed by atoms with E-state index in [0.717, 1.165) is 0 Å². The van der Waals surface area contributed by atoms with E-state index in [1.54, 1.807) is 25.3 Å². The molecule has 1 rings (SSSR count). The molecule has 0 aliphatic heterocycles. The van der Waals surface area contributed by atoms with Crippen molar-refractivity contribution < 1.29 is 4.79 Å². The Labute approximate surface area is 100 Å². The first-order chi connectivity index (χ1) is 7.50. The van der Waals surface area contributed by atoms with Gasteiger partial charge in [0, 0.05) is 24.4 Å². The molecule has 1 amide bonds. The topological polar surface area (TPSA) is 68.0 Å². The number of rotatable bonds is 4. The Hall–Kier alpha value is -1.49. The van der Waals surface area contributed by atoms with Crippen molar-refractivity contribution in [3.05, 3.63) is 29.6 Å². The van der Waals surface area contributed by atoms with Gasteiger partial charge >= 0.3 is 0 Å². The van der Waals surface area contributed by atoms with E-state index in [4.69, 9.17) is 18.0 Å². The molecule has 3 N–H and O–H groups in total. The lowest BCUT2D eigenvalue weighted by molar-refractivity contribution is 0.0940. The SMILES string of the molecule is Cc1ncccc1C(=O)NC(C)CC(N)=S. The van der Waals surface area contributed by atoms with Crippen LogP contribution in [0.4, 0.5) is 0 Å². The zero-order valence-electron chi connectivity index (χ0n) is 9.36. The maximum atomic E-state index is 11.8. The number of thiocarbonyl (C=S) groups is 1. The maximum Gasteiger partial charge on any atom is 0.253 e. The highest BCUT2D eigenvalue weighted by atomic mass is 32.1. The van der Waals surface area contributed by atoms with Crippen LogP contribution in [0.3, 0.4) is 0 Å². The van der Waals surface area contributed by atoms with Gasteiger partial charge in [-0.25, -0.2) is 0 Å². The second kappa shape index (κ2) is 5.55. The van der Waals surface area contributed by atoms with E-state index in [2.05, 4.69) is 10.3 Å². The monoisotopic (exact) mass is 237 g/mol. The van der Waals surface area contributed by atoms with E-state index < -0.39 is 0 Å². The van der Waals surface area contributed by atoms with Crippen LogP contribution < -0.4 is 11.1 Å². The summed E-state index contributed by atoms with van der Waals surface area (Å²) in [6.07, 6.45) is 2.16. The third kappa shape index (κ3) is 3.58. The summed E-state index contributed by atoms with van der Waals surface area (Å²) in [5, 5.41) is 2.82. The summed E-state index contributed by atoms with van der Waals surface area (Å²) in [5.41, 5.74) is 6.70. The minimum Gasteiger partial charge on any atom is -0.393 e. The Kier molecular flexibility index (Phi) is 4.37. The van der Waals surface area contributed by atoms with Crippen LogP contribution in [0.25, 0.3) is 0 Å². The van der Waals surface area contributed by atoms with Crippen LogP contribution in [0.2, 0.25) is 0 Å². The minimum absolute atomic E-state index is 0.0652. The van der Waals surface area contributed by atoms with Gasteiger partial charge in [-0.3, -0.25) is 9.78 Å². The molecular formula is C11H15N3OS. The van der Waals surface area contributed by atoms with Crippen LogP contribution in [-0.4, -0.2) is 21.9 Å². The molecule has 0 saturated carbocycles. The van der Waals surface area contributed by atoms with Crippen LogP contribution >= 0.6 is 12.2 Å². The second-order valence-electron chi connectivity index (χ2n) is 3.68. The number of hydrogen-bond donors (Lipinski definition) is 2. The summed E-state index contributed by atoms with van der Waals surface area (Å²) in [7, 11) is 0. The molecule has 1 unspecified atom stereocenters. The molecule has 1 heterocycles. The molecule has 0 bridgehead atoms. The molecule has 16 heavy (non-hydrogen) atoms. The van der Waals surface area contributed by atoms with Gasteiger partial charge in [0.25, 0.3) is 5.91 Å². The fourth-order valence-electron chi connectivity index (χ4n) is 1.38. The third-order valence-corrected chi connectivity index (χ3v) is 2.30. The largest absolute Gasteiger partial charge is 0.393 e. The van der Waals surface area contributed by atoms with Gasteiger partial charge in [-0.2, -0.15) is 0 Å². The number of carbonyl (C=O) groups excluding carboxylic acids is 1. The van der Waals surface area contributed by atoms with Gasteiger partial charge in [-0.1, -0.05) is 12.2 Å². The predicted octanol–water partition coefficient (Wildman–Crippen LogP) is 1.18. The number of hydrogen-bond acceptors (Lipinski definition) is 3. The number of pyridine rings is 1. The molecule has 86 valence electrons. The minimum atomic E-state index is -0.144. The fourth-order valence-corrected chi connectivity index (χ4v) is 1.63.